The Balaban J connectivity index is 2.05. The fourth-order valence-corrected chi connectivity index (χ4v) is 2.13. The lowest BCUT2D eigenvalue weighted by Crippen LogP contribution is -1.88. The van der Waals surface area contributed by atoms with E-state index in [0.29, 0.717) is 16.3 Å². The summed E-state index contributed by atoms with van der Waals surface area (Å²) in [5, 5.41) is 0. The lowest BCUT2D eigenvalue weighted by Gasteiger charge is -2.03. The highest BCUT2D eigenvalue weighted by atomic mass is 32.2. The maximum atomic E-state index is 13.4. The number of hydrogen-bond donors (Lipinski definition) is 1. The normalized spacial score (nSPS) is 10.3. The highest BCUT2D eigenvalue weighted by Crippen LogP contribution is 2.26. The number of aromatic nitrogens is 1. The van der Waals surface area contributed by atoms with Crippen molar-refractivity contribution in [2.24, 2.45) is 0 Å². The van der Waals surface area contributed by atoms with Crippen LogP contribution in [0.3, 0.4) is 0 Å². The largest absolute Gasteiger partial charge is 0.399 e. The maximum Gasteiger partial charge on any atom is 0.138 e. The molecule has 0 aliphatic carbocycles. The van der Waals surface area contributed by atoms with Gasteiger partial charge in [-0.1, -0.05) is 6.07 Å². The molecule has 16 heavy (non-hydrogen) atoms. The molecule has 0 spiro atoms. The molecule has 0 unspecified atom stereocenters. The van der Waals surface area contributed by atoms with Crippen molar-refractivity contribution < 1.29 is 4.39 Å². The Morgan fingerprint density at radius 3 is 2.88 bits per heavy atom. The fraction of sp³-hybridized carbons (Fsp3) is 0.0833. The molecule has 0 saturated heterocycles. The summed E-state index contributed by atoms with van der Waals surface area (Å²) in [6.07, 6.45) is 3.50. The van der Waals surface area contributed by atoms with Crippen LogP contribution < -0.4 is 5.73 Å². The van der Waals surface area contributed by atoms with Gasteiger partial charge in [-0.25, -0.2) is 4.39 Å². The second-order valence-corrected chi connectivity index (χ2v) is 4.36. The Morgan fingerprint density at radius 1 is 1.31 bits per heavy atom. The molecular weight excluding hydrogens is 223 g/mol. The number of anilines is 1. The van der Waals surface area contributed by atoms with Crippen molar-refractivity contribution in [3.63, 3.8) is 0 Å². The first-order valence-electron chi connectivity index (χ1n) is 4.82. The Labute approximate surface area is 97.7 Å². The molecule has 1 aromatic carbocycles. The van der Waals surface area contributed by atoms with E-state index in [0.717, 1.165) is 5.56 Å². The minimum atomic E-state index is -0.270. The molecule has 1 heterocycles. The number of nitrogens with zero attached hydrogens (tertiary/aromatic N) is 1. The Kier molecular flexibility index (Phi) is 3.41. The van der Waals surface area contributed by atoms with Crippen LogP contribution in [0.4, 0.5) is 10.1 Å². The predicted octanol–water partition coefficient (Wildman–Crippen LogP) is 3.10. The van der Waals surface area contributed by atoms with Crippen LogP contribution in [0.1, 0.15) is 5.56 Å². The van der Waals surface area contributed by atoms with Gasteiger partial charge in [0.1, 0.15) is 5.82 Å². The quantitative estimate of drug-likeness (QED) is 0.655. The molecule has 4 heteroatoms. The highest BCUT2D eigenvalue weighted by molar-refractivity contribution is 7.98. The minimum absolute atomic E-state index is 0.270. The van der Waals surface area contributed by atoms with E-state index in [2.05, 4.69) is 4.98 Å². The number of thioether (sulfide) groups is 1. The van der Waals surface area contributed by atoms with Crippen LogP contribution in [0.15, 0.2) is 47.6 Å². The second kappa shape index (κ2) is 4.99. The van der Waals surface area contributed by atoms with Crippen LogP contribution in [0.2, 0.25) is 0 Å². The third kappa shape index (κ3) is 2.73. The topological polar surface area (TPSA) is 38.9 Å². The number of hydrogen-bond acceptors (Lipinski definition) is 3. The number of halogens is 1. The maximum absolute atomic E-state index is 13.4. The van der Waals surface area contributed by atoms with Crippen molar-refractivity contribution >= 4 is 17.4 Å². The average Bonchev–Trinajstić information content (AvgIpc) is 2.29. The average molecular weight is 234 g/mol. The van der Waals surface area contributed by atoms with Crippen LogP contribution in [-0.4, -0.2) is 4.98 Å². The van der Waals surface area contributed by atoms with Crippen LogP contribution in [0.25, 0.3) is 0 Å². The van der Waals surface area contributed by atoms with E-state index in [9.17, 15) is 4.39 Å². The van der Waals surface area contributed by atoms with Gasteiger partial charge >= 0.3 is 0 Å². The zero-order chi connectivity index (χ0) is 11.4. The van der Waals surface area contributed by atoms with E-state index in [1.807, 2.05) is 12.1 Å². The third-order valence-corrected chi connectivity index (χ3v) is 3.19. The molecule has 0 saturated carbocycles. The fourth-order valence-electron chi connectivity index (χ4n) is 1.28. The molecule has 0 amide bonds. The van der Waals surface area contributed by atoms with Gasteiger partial charge in [0.15, 0.2) is 0 Å². The molecule has 0 radical (unpaired) electrons. The summed E-state index contributed by atoms with van der Waals surface area (Å²) in [5.41, 5.74) is 7.00. The molecule has 0 bridgehead atoms. The van der Waals surface area contributed by atoms with Gasteiger partial charge in [-0.05, 0) is 29.8 Å². The zero-order valence-electron chi connectivity index (χ0n) is 8.56. The standard InChI is InChI=1S/C12H11FN2S/c13-11-6-10(14)3-4-12(11)16-8-9-2-1-5-15-7-9/h1-7H,8,14H2. The molecule has 2 rings (SSSR count). The van der Waals surface area contributed by atoms with Crippen LogP contribution in [0, 0.1) is 5.82 Å². The first-order valence-corrected chi connectivity index (χ1v) is 5.81. The molecule has 0 fully saturated rings. The van der Waals surface area contributed by atoms with Crippen molar-refractivity contribution in [2.45, 2.75) is 10.6 Å². The highest BCUT2D eigenvalue weighted by Gasteiger charge is 2.03. The van der Waals surface area contributed by atoms with Crippen molar-refractivity contribution in [2.75, 3.05) is 5.73 Å². The van der Waals surface area contributed by atoms with E-state index in [1.54, 1.807) is 24.5 Å². The van der Waals surface area contributed by atoms with Gasteiger partial charge in [-0.15, -0.1) is 11.8 Å². The van der Waals surface area contributed by atoms with Crippen LogP contribution in [0.5, 0.6) is 0 Å². The van der Waals surface area contributed by atoms with E-state index in [-0.39, 0.29) is 5.82 Å². The number of nitrogen functional groups attached to an aromatic ring is 1. The molecule has 0 atom stereocenters. The van der Waals surface area contributed by atoms with Gasteiger partial charge < -0.3 is 5.73 Å². The molecule has 2 nitrogen and oxygen atoms in total. The molecule has 0 aliphatic rings. The number of pyridine rings is 1. The van der Waals surface area contributed by atoms with E-state index < -0.39 is 0 Å². The van der Waals surface area contributed by atoms with Gasteiger partial charge in [-0.2, -0.15) is 0 Å². The third-order valence-electron chi connectivity index (χ3n) is 2.07. The molecule has 2 aromatic rings. The van der Waals surface area contributed by atoms with E-state index in [1.165, 1.54) is 17.8 Å². The van der Waals surface area contributed by atoms with E-state index >= 15 is 0 Å². The number of rotatable bonds is 3. The predicted molar refractivity (Wildman–Crippen MR) is 64.6 cm³/mol. The van der Waals surface area contributed by atoms with Crippen LogP contribution >= 0.6 is 11.8 Å². The second-order valence-electron chi connectivity index (χ2n) is 3.34. The van der Waals surface area contributed by atoms with Crippen LogP contribution in [-0.2, 0) is 5.75 Å². The van der Waals surface area contributed by atoms with Crippen molar-refractivity contribution in [1.82, 2.24) is 4.98 Å². The van der Waals surface area contributed by atoms with Gasteiger partial charge in [-0.3, -0.25) is 4.98 Å². The Bertz CT molecular complexity index is 474. The number of nitrogens with two attached hydrogens (primary N) is 1. The summed E-state index contributed by atoms with van der Waals surface area (Å²) >= 11 is 1.44. The summed E-state index contributed by atoms with van der Waals surface area (Å²) in [5.74, 6) is 0.434. The molecule has 0 aliphatic heterocycles. The zero-order valence-corrected chi connectivity index (χ0v) is 9.38. The molecule has 82 valence electrons. The summed E-state index contributed by atoms with van der Waals surface area (Å²) in [6, 6.07) is 8.58. The van der Waals surface area contributed by atoms with Gasteiger partial charge in [0.25, 0.3) is 0 Å². The Hall–Kier alpha value is -1.55. The smallest absolute Gasteiger partial charge is 0.138 e. The molecule has 1 aromatic heterocycles. The van der Waals surface area contributed by atoms with Crippen molar-refractivity contribution in [3.8, 4) is 0 Å². The summed E-state index contributed by atoms with van der Waals surface area (Å²) in [4.78, 5) is 4.62. The Morgan fingerprint density at radius 2 is 2.19 bits per heavy atom. The SMILES string of the molecule is Nc1ccc(SCc2cccnc2)c(F)c1. The summed E-state index contributed by atoms with van der Waals surface area (Å²) in [6.45, 7) is 0. The van der Waals surface area contributed by atoms with Crippen molar-refractivity contribution in [3.05, 3.63) is 54.1 Å². The van der Waals surface area contributed by atoms with Gasteiger partial charge in [0.05, 0.1) is 0 Å². The monoisotopic (exact) mass is 234 g/mol. The van der Waals surface area contributed by atoms with Gasteiger partial charge in [0, 0.05) is 28.7 Å². The lowest BCUT2D eigenvalue weighted by molar-refractivity contribution is 0.603. The molecule has 2 N–H and O–H groups in total. The van der Waals surface area contributed by atoms with E-state index in [4.69, 9.17) is 5.73 Å². The molecular formula is C12H11FN2S. The summed E-state index contributed by atoms with van der Waals surface area (Å²) < 4.78 is 13.4. The minimum Gasteiger partial charge on any atom is -0.399 e. The summed E-state index contributed by atoms with van der Waals surface area (Å²) in [7, 11) is 0. The first-order chi connectivity index (χ1) is 7.75. The first kappa shape index (κ1) is 11.0. The number of benzene rings is 1. The lowest BCUT2D eigenvalue weighted by atomic mass is 10.3. The van der Waals surface area contributed by atoms with Crippen molar-refractivity contribution in [1.29, 1.82) is 0 Å². The van der Waals surface area contributed by atoms with Gasteiger partial charge in [0.2, 0.25) is 0 Å².